The molecule has 0 spiro atoms. The number of hydrogen-bond acceptors (Lipinski definition) is 4. The molecule has 0 aliphatic carbocycles. The van der Waals surface area contributed by atoms with E-state index >= 15 is 0 Å². The molecule has 1 rings (SSSR count). The number of esters is 1. The maximum atomic E-state index is 12.2. The molecule has 29 heavy (non-hydrogen) atoms. The van der Waals surface area contributed by atoms with E-state index in [1.165, 1.54) is 12.5 Å². The van der Waals surface area contributed by atoms with Crippen LogP contribution in [0.4, 0.5) is 0 Å². The quantitative estimate of drug-likeness (QED) is 0.334. The molecule has 1 aromatic rings. The second-order valence-electron chi connectivity index (χ2n) is 6.89. The molecule has 0 heterocycles. The topological polar surface area (TPSA) is 63.6 Å². The number of Topliss-reactive ketones (excluding diaryl/α,β-unsaturated/α-hetero) is 1. The van der Waals surface area contributed by atoms with Crippen molar-refractivity contribution < 1.29 is 19.4 Å². The fourth-order valence-corrected chi connectivity index (χ4v) is 3.40. The van der Waals surface area contributed by atoms with Gasteiger partial charge in [-0.05, 0) is 32.8 Å². The van der Waals surface area contributed by atoms with Crippen molar-refractivity contribution in [2.45, 2.75) is 59.8 Å². The molecule has 1 N–H and O–H groups in total. The second-order valence-corrected chi connectivity index (χ2v) is 7.84. The highest BCUT2D eigenvalue weighted by molar-refractivity contribution is 6.56. The van der Waals surface area contributed by atoms with Crippen molar-refractivity contribution in [1.29, 1.82) is 0 Å². The molecule has 0 aliphatic heterocycles. The van der Waals surface area contributed by atoms with Gasteiger partial charge in [0.15, 0.2) is 0 Å². The second kappa shape index (κ2) is 16.4. The molecule has 1 aromatic carbocycles. The zero-order chi connectivity index (χ0) is 22.2. The van der Waals surface area contributed by atoms with Crippen molar-refractivity contribution >= 4 is 35.0 Å². The lowest BCUT2D eigenvalue weighted by molar-refractivity contribution is -0.151. The van der Waals surface area contributed by atoms with Gasteiger partial charge < -0.3 is 9.84 Å². The van der Waals surface area contributed by atoms with E-state index in [0.717, 1.165) is 25.7 Å². The molecule has 0 saturated carbocycles. The van der Waals surface area contributed by atoms with Crippen molar-refractivity contribution in [2.75, 3.05) is 13.2 Å². The van der Waals surface area contributed by atoms with Crippen LogP contribution < -0.4 is 0 Å². The number of hydrogen-bond donors (Lipinski definition) is 1. The Morgan fingerprint density at radius 2 is 1.69 bits per heavy atom. The van der Waals surface area contributed by atoms with Gasteiger partial charge in [0, 0.05) is 0 Å². The first-order chi connectivity index (χ1) is 13.8. The van der Waals surface area contributed by atoms with Crippen LogP contribution in [0.1, 0.15) is 58.4 Å². The molecule has 2 unspecified atom stereocenters. The van der Waals surface area contributed by atoms with Crippen LogP contribution in [-0.4, -0.2) is 30.1 Å². The normalized spacial score (nSPS) is 12.2. The predicted molar refractivity (Wildman–Crippen MR) is 120 cm³/mol. The van der Waals surface area contributed by atoms with Gasteiger partial charge in [-0.1, -0.05) is 91.7 Å². The molecule has 0 radical (unpaired) electrons. The summed E-state index contributed by atoms with van der Waals surface area (Å²) in [6.07, 6.45) is 4.44. The molecule has 0 bridgehead atoms. The van der Waals surface area contributed by atoms with Crippen molar-refractivity contribution in [3.63, 3.8) is 0 Å². The third-order valence-corrected chi connectivity index (χ3v) is 5.01. The zero-order valence-electron chi connectivity index (χ0n) is 17.9. The summed E-state index contributed by atoms with van der Waals surface area (Å²) in [7, 11) is 0. The van der Waals surface area contributed by atoms with Crippen LogP contribution in [-0.2, 0) is 14.3 Å². The standard InChI is InChI=1S/C16H26Cl2O4.C7H8/c1-4-6-7-8-9-12(16(21)22-5-2)14(11(3)20)13(10-19)15(17)18;1-7-5-3-2-4-6-7/h12,14,19H,4-10H2,1-3H3;2-6H,1H3. The van der Waals surface area contributed by atoms with Gasteiger partial charge in [0.05, 0.1) is 25.0 Å². The Morgan fingerprint density at radius 3 is 2.07 bits per heavy atom. The number of aliphatic hydroxyl groups excluding tert-OH is 1. The minimum Gasteiger partial charge on any atom is -0.466 e. The van der Waals surface area contributed by atoms with Gasteiger partial charge in [0.2, 0.25) is 0 Å². The van der Waals surface area contributed by atoms with Crippen molar-refractivity contribution in [1.82, 2.24) is 0 Å². The van der Waals surface area contributed by atoms with Crippen LogP contribution in [0.3, 0.4) is 0 Å². The van der Waals surface area contributed by atoms with Gasteiger partial charge in [-0.2, -0.15) is 0 Å². The average Bonchev–Trinajstić information content (AvgIpc) is 2.67. The van der Waals surface area contributed by atoms with E-state index in [-0.39, 0.29) is 22.5 Å². The Balaban J connectivity index is 0.000000929. The van der Waals surface area contributed by atoms with Crippen LogP contribution >= 0.6 is 23.2 Å². The summed E-state index contributed by atoms with van der Waals surface area (Å²) < 4.78 is 4.92. The van der Waals surface area contributed by atoms with E-state index in [1.54, 1.807) is 6.92 Å². The number of carbonyl (C=O) groups is 2. The maximum Gasteiger partial charge on any atom is 0.309 e. The molecule has 0 fully saturated rings. The van der Waals surface area contributed by atoms with Gasteiger partial charge in [-0.15, -0.1) is 0 Å². The van der Waals surface area contributed by atoms with Crippen LogP contribution in [0, 0.1) is 18.8 Å². The Kier molecular flexibility index (Phi) is 15.7. The van der Waals surface area contributed by atoms with E-state index in [4.69, 9.17) is 27.9 Å². The molecule has 0 aromatic heterocycles. The number of ketones is 1. The molecular formula is C23H34Cl2O4. The van der Waals surface area contributed by atoms with Gasteiger partial charge in [-0.25, -0.2) is 0 Å². The number of benzene rings is 1. The third kappa shape index (κ3) is 11.4. The van der Waals surface area contributed by atoms with E-state index < -0.39 is 24.4 Å². The first kappa shape index (κ1) is 27.6. The van der Waals surface area contributed by atoms with E-state index in [1.807, 2.05) is 18.2 Å². The van der Waals surface area contributed by atoms with Crippen LogP contribution in [0.2, 0.25) is 0 Å². The first-order valence-corrected chi connectivity index (χ1v) is 10.9. The number of aliphatic hydroxyl groups is 1. The molecule has 0 amide bonds. The number of halogens is 2. The zero-order valence-corrected chi connectivity index (χ0v) is 19.4. The summed E-state index contributed by atoms with van der Waals surface area (Å²) in [6.45, 7) is 7.04. The predicted octanol–water partition coefficient (Wildman–Crippen LogP) is 6.02. The molecule has 2 atom stereocenters. The highest BCUT2D eigenvalue weighted by Gasteiger charge is 2.35. The number of aryl methyl sites for hydroxylation is 1. The number of rotatable bonds is 11. The minimum atomic E-state index is -0.837. The minimum absolute atomic E-state index is 0.162. The van der Waals surface area contributed by atoms with Crippen LogP contribution in [0.5, 0.6) is 0 Å². The van der Waals surface area contributed by atoms with Crippen molar-refractivity contribution in [2.24, 2.45) is 11.8 Å². The summed E-state index contributed by atoms with van der Waals surface area (Å²) in [5, 5.41) is 9.45. The van der Waals surface area contributed by atoms with Crippen molar-refractivity contribution in [3.05, 3.63) is 46.0 Å². The highest BCUT2D eigenvalue weighted by atomic mass is 35.5. The molecule has 0 aliphatic rings. The average molecular weight is 445 g/mol. The molecular weight excluding hydrogens is 411 g/mol. The number of carbonyl (C=O) groups excluding carboxylic acids is 2. The lowest BCUT2D eigenvalue weighted by atomic mass is 9.80. The Hall–Kier alpha value is -1.36. The highest BCUT2D eigenvalue weighted by Crippen LogP contribution is 2.32. The Bertz CT molecular complexity index is 625. The van der Waals surface area contributed by atoms with E-state index in [0.29, 0.717) is 6.42 Å². The van der Waals surface area contributed by atoms with Crippen molar-refractivity contribution in [3.8, 4) is 0 Å². The van der Waals surface area contributed by atoms with Gasteiger partial charge in [-0.3, -0.25) is 9.59 Å². The Morgan fingerprint density at radius 1 is 1.07 bits per heavy atom. The lowest BCUT2D eigenvalue weighted by Gasteiger charge is -2.25. The van der Waals surface area contributed by atoms with Gasteiger partial charge in [0.1, 0.15) is 10.3 Å². The maximum absolute atomic E-state index is 12.2. The van der Waals surface area contributed by atoms with Gasteiger partial charge in [0.25, 0.3) is 0 Å². The summed E-state index contributed by atoms with van der Waals surface area (Å²) in [5.74, 6) is -2.20. The molecule has 164 valence electrons. The smallest absolute Gasteiger partial charge is 0.309 e. The monoisotopic (exact) mass is 444 g/mol. The summed E-state index contributed by atoms with van der Waals surface area (Å²) in [6, 6.07) is 10.3. The summed E-state index contributed by atoms with van der Waals surface area (Å²) in [5.41, 5.74) is 1.51. The largest absolute Gasteiger partial charge is 0.466 e. The fraction of sp³-hybridized carbons (Fsp3) is 0.565. The summed E-state index contributed by atoms with van der Waals surface area (Å²) in [4.78, 5) is 24.2. The van der Waals surface area contributed by atoms with Gasteiger partial charge >= 0.3 is 5.97 Å². The van der Waals surface area contributed by atoms with Crippen LogP contribution in [0.15, 0.2) is 40.4 Å². The summed E-state index contributed by atoms with van der Waals surface area (Å²) >= 11 is 11.5. The van der Waals surface area contributed by atoms with E-state index in [9.17, 15) is 14.7 Å². The number of ether oxygens (including phenoxy) is 1. The number of unbranched alkanes of at least 4 members (excludes halogenated alkanes) is 3. The van der Waals surface area contributed by atoms with Crippen LogP contribution in [0.25, 0.3) is 0 Å². The molecule has 6 heteroatoms. The molecule has 4 nitrogen and oxygen atoms in total. The Labute approximate surface area is 185 Å². The third-order valence-electron chi connectivity index (χ3n) is 4.53. The van der Waals surface area contributed by atoms with E-state index in [2.05, 4.69) is 26.0 Å². The lowest BCUT2D eigenvalue weighted by Crippen LogP contribution is -2.33. The molecule has 0 saturated heterocycles. The SMILES string of the molecule is CCCCCCC(C(=O)OCC)C(C(C)=O)C(CO)=C(Cl)Cl.Cc1ccccc1. The fourth-order valence-electron chi connectivity index (χ4n) is 3.04. The first-order valence-electron chi connectivity index (χ1n) is 10.1.